The Bertz CT molecular complexity index is 2310. The zero-order valence-electron chi connectivity index (χ0n) is 30.3. The third-order valence-corrected chi connectivity index (χ3v) is 11.7. The molecule has 2 N–H and O–H groups in total. The van der Waals surface area contributed by atoms with Crippen molar-refractivity contribution in [2.75, 3.05) is 11.5 Å². The van der Waals surface area contributed by atoms with Gasteiger partial charge < -0.3 is 19.9 Å². The van der Waals surface area contributed by atoms with Crippen molar-refractivity contribution < 1.29 is 33.8 Å². The van der Waals surface area contributed by atoms with Crippen LogP contribution in [0.15, 0.2) is 146 Å². The van der Waals surface area contributed by atoms with Crippen LogP contribution in [0.1, 0.15) is 59.0 Å². The van der Waals surface area contributed by atoms with Gasteiger partial charge in [-0.2, -0.15) is 0 Å². The highest BCUT2D eigenvalue weighted by atomic mass is 127. The maximum Gasteiger partial charge on any atom is 0.329 e. The minimum Gasteiger partial charge on any atom is -0.508 e. The quantitative estimate of drug-likeness (QED) is 0.0919. The van der Waals surface area contributed by atoms with Crippen LogP contribution in [0.2, 0.25) is 0 Å². The molecule has 0 aliphatic carbocycles. The first kappa shape index (κ1) is 37.1. The van der Waals surface area contributed by atoms with E-state index < -0.39 is 65.5 Å². The number of carbonyl (C=O) groups excluding carboxylic acids is 4. The second-order valence-electron chi connectivity index (χ2n) is 14.2. The van der Waals surface area contributed by atoms with E-state index >= 15 is 4.79 Å². The van der Waals surface area contributed by atoms with E-state index in [0.29, 0.717) is 16.7 Å². The van der Waals surface area contributed by atoms with Gasteiger partial charge in [-0.05, 0) is 87.7 Å². The number of halogens is 1. The molecule has 5 aromatic rings. The average Bonchev–Trinajstić information content (AvgIpc) is 3.67. The molecule has 10 nitrogen and oxygen atoms in total. The molecule has 2 saturated heterocycles. The molecule has 7 unspecified atom stereocenters. The Morgan fingerprint density at radius 1 is 0.875 bits per heavy atom. The van der Waals surface area contributed by atoms with E-state index in [9.17, 15) is 19.5 Å². The van der Waals surface area contributed by atoms with Crippen LogP contribution in [0, 0.1) is 9.49 Å². The molecule has 3 amide bonds. The number of cyclic esters (lactones) is 1. The molecule has 0 bridgehead atoms. The molecule has 0 saturated carbocycles. The fourth-order valence-corrected chi connectivity index (χ4v) is 9.30. The average molecular weight is 860 g/mol. The third-order valence-electron chi connectivity index (χ3n) is 11.1. The molecule has 2 fully saturated rings. The summed E-state index contributed by atoms with van der Waals surface area (Å²) in [5, 5.41) is 13.5. The number of urea groups is 1. The standard InChI is InChI=1S/C45H38IN3O7/c1-3-25-55-41(51)36-38-42(52)56-39(30-17-11-6-12-18-30)37(29-15-9-5-10-16-29)49(38)40(31-19-22-33(50)23-20-31)45(36)34-26-32(46)21-24-35(34)48(43(45)53)44(54)47-27(2)28-13-7-4-8-14-28/h3-24,26-27,36-40,50H,1,25H2,2H3,(H,47,54). The third kappa shape index (κ3) is 6.06. The first-order valence-electron chi connectivity index (χ1n) is 18.3. The fraction of sp³-hybridized carbons (Fsp3) is 0.200. The maximum absolute atomic E-state index is 15.9. The summed E-state index contributed by atoms with van der Waals surface area (Å²) in [6.07, 6.45) is 0.560. The normalized spacial score (nSPS) is 24.5. The number of anilines is 1. The SMILES string of the molecule is C=CCOC(=O)C1C2C(=O)OC(c3ccccc3)C(c3ccccc3)N2C(c2ccc(O)cc2)C12C(=O)N(C(=O)NC(C)c1ccccc1)c1ccc(I)cc12. The lowest BCUT2D eigenvalue weighted by atomic mass is 9.65. The van der Waals surface area contributed by atoms with Crippen molar-refractivity contribution in [2.24, 2.45) is 5.92 Å². The van der Waals surface area contributed by atoms with Gasteiger partial charge in [-0.25, -0.2) is 9.69 Å². The minimum atomic E-state index is -1.92. The summed E-state index contributed by atoms with van der Waals surface area (Å²) in [4.78, 5) is 63.3. The van der Waals surface area contributed by atoms with Gasteiger partial charge >= 0.3 is 18.0 Å². The van der Waals surface area contributed by atoms with Crippen molar-refractivity contribution >= 4 is 52.2 Å². The number of amides is 3. The van der Waals surface area contributed by atoms with E-state index in [1.54, 1.807) is 30.3 Å². The van der Waals surface area contributed by atoms with Gasteiger partial charge in [-0.3, -0.25) is 19.3 Å². The summed E-state index contributed by atoms with van der Waals surface area (Å²) >= 11 is 2.15. The number of nitrogens with one attached hydrogen (secondary N) is 1. The van der Waals surface area contributed by atoms with Crippen LogP contribution in [-0.4, -0.2) is 46.5 Å². The fourth-order valence-electron chi connectivity index (χ4n) is 8.81. The summed E-state index contributed by atoms with van der Waals surface area (Å²) in [6.45, 7) is 5.37. The highest BCUT2D eigenvalue weighted by molar-refractivity contribution is 14.1. The number of aromatic hydroxyl groups is 1. The zero-order chi connectivity index (χ0) is 39.1. The Labute approximate surface area is 337 Å². The molecule has 3 aliphatic heterocycles. The Morgan fingerprint density at radius 2 is 1.50 bits per heavy atom. The largest absolute Gasteiger partial charge is 0.508 e. The van der Waals surface area contributed by atoms with Crippen molar-refractivity contribution in [1.82, 2.24) is 10.2 Å². The number of esters is 2. The number of hydrogen-bond donors (Lipinski definition) is 2. The molecule has 5 aromatic carbocycles. The number of fused-ring (bicyclic) bond motifs is 3. The highest BCUT2D eigenvalue weighted by Crippen LogP contribution is 2.66. The Balaban J connectivity index is 1.41. The number of morpholine rings is 1. The van der Waals surface area contributed by atoms with Gasteiger partial charge in [0.25, 0.3) is 0 Å². The van der Waals surface area contributed by atoms with Gasteiger partial charge in [0.2, 0.25) is 5.91 Å². The smallest absolute Gasteiger partial charge is 0.329 e. The number of carbonyl (C=O) groups is 4. The molecule has 1 spiro atoms. The van der Waals surface area contributed by atoms with Crippen LogP contribution in [-0.2, 0) is 29.3 Å². The van der Waals surface area contributed by atoms with Crippen LogP contribution < -0.4 is 10.2 Å². The number of hydrogen-bond acceptors (Lipinski definition) is 8. The first-order chi connectivity index (χ1) is 27.2. The molecule has 3 aliphatic rings. The Morgan fingerprint density at radius 3 is 2.14 bits per heavy atom. The number of phenols is 1. The number of benzene rings is 5. The second kappa shape index (κ2) is 15.0. The highest BCUT2D eigenvalue weighted by Gasteiger charge is 2.76. The second-order valence-corrected chi connectivity index (χ2v) is 15.4. The van der Waals surface area contributed by atoms with Crippen LogP contribution >= 0.6 is 22.6 Å². The number of phenolic OH excluding ortho intramolecular Hbond substituents is 1. The van der Waals surface area contributed by atoms with E-state index in [2.05, 4.69) is 34.5 Å². The van der Waals surface area contributed by atoms with Crippen molar-refractivity contribution in [3.05, 3.63) is 178 Å². The van der Waals surface area contributed by atoms with Crippen molar-refractivity contribution in [3.63, 3.8) is 0 Å². The van der Waals surface area contributed by atoms with Gasteiger partial charge in [-0.15, -0.1) is 0 Å². The van der Waals surface area contributed by atoms with Crippen LogP contribution in [0.4, 0.5) is 10.5 Å². The lowest BCUT2D eigenvalue weighted by Crippen LogP contribution is -2.54. The zero-order valence-corrected chi connectivity index (χ0v) is 32.5. The summed E-state index contributed by atoms with van der Waals surface area (Å²) < 4.78 is 13.0. The topological polar surface area (TPSA) is 125 Å². The summed E-state index contributed by atoms with van der Waals surface area (Å²) in [7, 11) is 0. The van der Waals surface area contributed by atoms with Gasteiger partial charge in [0.1, 0.15) is 35.8 Å². The predicted molar refractivity (Wildman–Crippen MR) is 217 cm³/mol. The molecule has 3 heterocycles. The molecule has 282 valence electrons. The summed E-state index contributed by atoms with van der Waals surface area (Å²) in [5.41, 5.74) is 1.61. The first-order valence-corrected chi connectivity index (χ1v) is 19.4. The van der Waals surface area contributed by atoms with E-state index in [1.165, 1.54) is 18.2 Å². The molecule has 8 rings (SSSR count). The van der Waals surface area contributed by atoms with Crippen LogP contribution in [0.3, 0.4) is 0 Å². The van der Waals surface area contributed by atoms with Crippen molar-refractivity contribution in [1.29, 1.82) is 0 Å². The van der Waals surface area contributed by atoms with E-state index in [1.807, 2.05) is 103 Å². The number of ether oxygens (including phenoxy) is 2. The number of imide groups is 1. The lowest BCUT2D eigenvalue weighted by Gasteiger charge is -2.46. The van der Waals surface area contributed by atoms with Gasteiger partial charge in [0.05, 0.1) is 23.8 Å². The van der Waals surface area contributed by atoms with E-state index in [0.717, 1.165) is 19.6 Å². The van der Waals surface area contributed by atoms with E-state index in [4.69, 9.17) is 9.47 Å². The number of rotatable bonds is 8. The van der Waals surface area contributed by atoms with Gasteiger partial charge in [0, 0.05) is 3.57 Å². The van der Waals surface area contributed by atoms with Crippen molar-refractivity contribution in [2.45, 2.75) is 42.6 Å². The lowest BCUT2D eigenvalue weighted by molar-refractivity contribution is -0.180. The van der Waals surface area contributed by atoms with Crippen LogP contribution in [0.5, 0.6) is 5.75 Å². The van der Waals surface area contributed by atoms with Gasteiger partial charge in [0.15, 0.2) is 0 Å². The predicted octanol–water partition coefficient (Wildman–Crippen LogP) is 7.86. The minimum absolute atomic E-state index is 0.0114. The molecule has 56 heavy (non-hydrogen) atoms. The monoisotopic (exact) mass is 859 g/mol. The molecular formula is C45H38IN3O7. The van der Waals surface area contributed by atoms with E-state index in [-0.39, 0.29) is 18.0 Å². The summed E-state index contributed by atoms with van der Waals surface area (Å²) in [6, 6.07) is 35.6. The van der Waals surface area contributed by atoms with Crippen molar-refractivity contribution in [3.8, 4) is 5.75 Å². The molecule has 0 radical (unpaired) electrons. The molecule has 7 atom stereocenters. The summed E-state index contributed by atoms with van der Waals surface area (Å²) in [5.74, 6) is -3.74. The van der Waals surface area contributed by atoms with Crippen LogP contribution in [0.25, 0.3) is 0 Å². The Hall–Kier alpha value is -5.79. The molecule has 0 aromatic heterocycles. The molecular weight excluding hydrogens is 821 g/mol. The van der Waals surface area contributed by atoms with Gasteiger partial charge in [-0.1, -0.05) is 116 Å². The molecule has 11 heteroatoms. The Kier molecular flexibility index (Phi) is 9.98. The number of nitrogens with zero attached hydrogens (tertiary/aromatic N) is 2. The maximum atomic E-state index is 15.9.